The van der Waals surface area contributed by atoms with Crippen molar-refractivity contribution >= 4 is 22.6 Å². The second-order valence-corrected chi connectivity index (χ2v) is 5.83. The van der Waals surface area contributed by atoms with Crippen LogP contribution in [0.15, 0.2) is 23.1 Å². The number of nitrogens with zero attached hydrogens (tertiary/aromatic N) is 1. The number of hydrogen-bond acceptors (Lipinski definition) is 4. The lowest BCUT2D eigenvalue weighted by Crippen LogP contribution is -2.44. The van der Waals surface area contributed by atoms with Gasteiger partial charge in [0.15, 0.2) is 0 Å². The van der Waals surface area contributed by atoms with E-state index in [-0.39, 0.29) is 17.0 Å². The molecule has 3 heterocycles. The van der Waals surface area contributed by atoms with Crippen LogP contribution in [-0.4, -0.2) is 41.2 Å². The fraction of sp³-hybridized carbons (Fsp3) is 0.333. The number of halogens is 1. The predicted octanol–water partition coefficient (Wildman–Crippen LogP) is 0.916. The molecule has 1 aromatic carbocycles. The molecule has 3 N–H and O–H groups in total. The van der Waals surface area contributed by atoms with Crippen molar-refractivity contribution in [2.45, 2.75) is 18.5 Å². The van der Waals surface area contributed by atoms with Gasteiger partial charge in [-0.3, -0.25) is 4.79 Å². The molecule has 0 spiro atoms. The highest BCUT2D eigenvalue weighted by Gasteiger charge is 2.38. The van der Waals surface area contributed by atoms with E-state index in [0.717, 1.165) is 31.8 Å². The average molecular weight is 303 g/mol. The molecule has 1 aromatic heterocycles. The quantitative estimate of drug-likeness (QED) is 0.768. The summed E-state index contributed by atoms with van der Waals surface area (Å²) in [7, 11) is 0. The van der Waals surface area contributed by atoms with Gasteiger partial charge in [0.1, 0.15) is 11.4 Å². The molecule has 0 saturated carbocycles. The van der Waals surface area contributed by atoms with Crippen LogP contribution < -0.4 is 15.6 Å². The summed E-state index contributed by atoms with van der Waals surface area (Å²) in [6.07, 6.45) is 2.15. The first-order valence-electron chi connectivity index (χ1n) is 7.13. The van der Waals surface area contributed by atoms with Crippen LogP contribution in [0.25, 0.3) is 10.9 Å². The van der Waals surface area contributed by atoms with Crippen molar-refractivity contribution in [2.75, 3.05) is 18.0 Å². The fourth-order valence-corrected chi connectivity index (χ4v) is 3.46. The first-order chi connectivity index (χ1) is 10.5. The monoisotopic (exact) mass is 303 g/mol. The SMILES string of the molecule is O=C(O)c1c[nH]c2cc(N3C[C@@H]4C[C@H]3CN4)c(F)cc2c1=O. The van der Waals surface area contributed by atoms with Crippen LogP contribution in [0, 0.1) is 5.82 Å². The van der Waals surface area contributed by atoms with Crippen molar-refractivity contribution < 1.29 is 14.3 Å². The first kappa shape index (κ1) is 13.3. The number of carboxylic acid groups (broad SMARTS) is 1. The highest BCUT2D eigenvalue weighted by atomic mass is 19.1. The van der Waals surface area contributed by atoms with Gasteiger partial charge >= 0.3 is 5.97 Å². The van der Waals surface area contributed by atoms with Crippen LogP contribution in [0.3, 0.4) is 0 Å². The minimum atomic E-state index is -1.32. The Hall–Kier alpha value is -2.41. The molecule has 0 unspecified atom stereocenters. The molecule has 2 aliphatic heterocycles. The molecule has 2 aromatic rings. The Morgan fingerprint density at radius 1 is 1.41 bits per heavy atom. The Morgan fingerprint density at radius 3 is 2.86 bits per heavy atom. The number of hydrogen-bond donors (Lipinski definition) is 3. The van der Waals surface area contributed by atoms with Crippen molar-refractivity contribution in [1.82, 2.24) is 10.3 Å². The number of carbonyl (C=O) groups is 1. The molecule has 0 aliphatic carbocycles. The maximum atomic E-state index is 14.4. The van der Waals surface area contributed by atoms with Crippen LogP contribution in [0.1, 0.15) is 16.8 Å². The predicted molar refractivity (Wildman–Crippen MR) is 79.0 cm³/mol. The van der Waals surface area contributed by atoms with E-state index < -0.39 is 17.2 Å². The molecule has 2 bridgehead atoms. The Labute approximate surface area is 124 Å². The van der Waals surface area contributed by atoms with Crippen LogP contribution in [0.2, 0.25) is 0 Å². The molecule has 2 aliphatic rings. The molecular weight excluding hydrogens is 289 g/mol. The van der Waals surface area contributed by atoms with E-state index in [1.807, 2.05) is 4.90 Å². The number of carboxylic acids is 1. The van der Waals surface area contributed by atoms with Gasteiger partial charge in [-0.25, -0.2) is 9.18 Å². The van der Waals surface area contributed by atoms with Crippen LogP contribution >= 0.6 is 0 Å². The minimum Gasteiger partial charge on any atom is -0.477 e. The maximum Gasteiger partial charge on any atom is 0.341 e. The Kier molecular flexibility index (Phi) is 2.74. The summed E-state index contributed by atoms with van der Waals surface area (Å²) in [6.45, 7) is 1.57. The van der Waals surface area contributed by atoms with E-state index in [1.165, 1.54) is 0 Å². The zero-order chi connectivity index (χ0) is 15.4. The van der Waals surface area contributed by atoms with Crippen molar-refractivity contribution in [3.8, 4) is 0 Å². The first-order valence-corrected chi connectivity index (χ1v) is 7.13. The summed E-state index contributed by atoms with van der Waals surface area (Å²) in [5, 5.41) is 12.4. The van der Waals surface area contributed by atoms with Gasteiger partial charge < -0.3 is 20.3 Å². The average Bonchev–Trinajstić information content (AvgIpc) is 3.10. The standard InChI is InChI=1S/C15H14FN3O3/c16-11-2-9-12(18-5-10(14(9)20)15(21)22)3-13(11)19-6-7-1-8(19)4-17-7/h2-3,5,7-8,17H,1,4,6H2,(H,18,20)(H,21,22)/t7-,8-/m0/s1. The lowest BCUT2D eigenvalue weighted by molar-refractivity contribution is 0.0695. The van der Waals surface area contributed by atoms with E-state index in [2.05, 4.69) is 10.3 Å². The molecule has 4 rings (SSSR count). The number of anilines is 1. The molecule has 2 fully saturated rings. The molecule has 7 heteroatoms. The lowest BCUT2D eigenvalue weighted by Gasteiger charge is -2.30. The third kappa shape index (κ3) is 1.82. The van der Waals surface area contributed by atoms with Gasteiger partial charge in [0.05, 0.1) is 11.2 Å². The molecule has 0 radical (unpaired) electrons. The minimum absolute atomic E-state index is 0.0589. The number of fused-ring (bicyclic) bond motifs is 3. The number of aromatic carboxylic acids is 1. The second kappa shape index (κ2) is 4.54. The zero-order valence-electron chi connectivity index (χ0n) is 11.6. The smallest absolute Gasteiger partial charge is 0.341 e. The van der Waals surface area contributed by atoms with Crippen molar-refractivity contribution in [3.05, 3.63) is 39.9 Å². The summed E-state index contributed by atoms with van der Waals surface area (Å²) in [4.78, 5) is 27.9. The highest BCUT2D eigenvalue weighted by Crippen LogP contribution is 2.32. The van der Waals surface area contributed by atoms with Gasteiger partial charge in [-0.15, -0.1) is 0 Å². The van der Waals surface area contributed by atoms with Gasteiger partial charge in [-0.2, -0.15) is 0 Å². The Bertz CT molecular complexity index is 848. The summed E-state index contributed by atoms with van der Waals surface area (Å²) in [5.74, 6) is -1.82. The molecular formula is C15H14FN3O3. The number of benzene rings is 1. The highest BCUT2D eigenvalue weighted by molar-refractivity contribution is 5.93. The van der Waals surface area contributed by atoms with Crippen molar-refractivity contribution in [3.63, 3.8) is 0 Å². The summed E-state index contributed by atoms with van der Waals surface area (Å²) >= 11 is 0. The number of nitrogens with one attached hydrogen (secondary N) is 2. The molecule has 2 atom stereocenters. The third-order valence-corrected chi connectivity index (χ3v) is 4.54. The van der Waals surface area contributed by atoms with E-state index in [1.54, 1.807) is 6.07 Å². The number of H-pyrrole nitrogens is 1. The molecule has 0 amide bonds. The van der Waals surface area contributed by atoms with Gasteiger partial charge in [-0.05, 0) is 18.6 Å². The van der Waals surface area contributed by atoms with Crippen molar-refractivity contribution in [2.24, 2.45) is 0 Å². The zero-order valence-corrected chi connectivity index (χ0v) is 11.6. The molecule has 22 heavy (non-hydrogen) atoms. The number of aromatic amines is 1. The van der Waals surface area contributed by atoms with Crippen molar-refractivity contribution in [1.29, 1.82) is 0 Å². The third-order valence-electron chi connectivity index (χ3n) is 4.54. The van der Waals surface area contributed by atoms with E-state index in [4.69, 9.17) is 5.11 Å². The van der Waals surface area contributed by atoms with Gasteiger partial charge in [0.2, 0.25) is 5.43 Å². The number of rotatable bonds is 2. The Balaban J connectivity index is 1.86. The van der Waals surface area contributed by atoms with Crippen LogP contribution in [0.4, 0.5) is 10.1 Å². The Morgan fingerprint density at radius 2 is 2.23 bits per heavy atom. The normalized spacial score (nSPS) is 23.4. The second-order valence-electron chi connectivity index (χ2n) is 5.83. The summed E-state index contributed by atoms with van der Waals surface area (Å²) in [6, 6.07) is 3.38. The van der Waals surface area contributed by atoms with Gasteiger partial charge in [0, 0.05) is 36.8 Å². The molecule has 114 valence electrons. The fourth-order valence-electron chi connectivity index (χ4n) is 3.46. The summed E-state index contributed by atoms with van der Waals surface area (Å²) in [5.41, 5.74) is -0.150. The van der Waals surface area contributed by atoms with E-state index in [9.17, 15) is 14.0 Å². The van der Waals surface area contributed by atoms with E-state index >= 15 is 0 Å². The van der Waals surface area contributed by atoms with E-state index in [0.29, 0.717) is 17.2 Å². The molecule has 2 saturated heterocycles. The largest absolute Gasteiger partial charge is 0.477 e. The topological polar surface area (TPSA) is 85.4 Å². The molecule has 6 nitrogen and oxygen atoms in total. The number of piperazine rings is 1. The lowest BCUT2D eigenvalue weighted by atomic mass is 10.1. The summed E-state index contributed by atoms with van der Waals surface area (Å²) < 4.78 is 14.4. The van der Waals surface area contributed by atoms with Crippen LogP contribution in [-0.2, 0) is 0 Å². The number of pyridine rings is 1. The van der Waals surface area contributed by atoms with Gasteiger partial charge in [0.25, 0.3) is 0 Å². The van der Waals surface area contributed by atoms with Gasteiger partial charge in [-0.1, -0.05) is 0 Å². The number of aromatic nitrogens is 1. The van der Waals surface area contributed by atoms with Crippen LogP contribution in [0.5, 0.6) is 0 Å². The maximum absolute atomic E-state index is 14.4.